The monoisotopic (exact) mass is 203 g/mol. The third kappa shape index (κ3) is 1.73. The highest BCUT2D eigenvalue weighted by Crippen LogP contribution is 2.20. The third-order valence-corrected chi connectivity index (χ3v) is 2.33. The van der Waals surface area contributed by atoms with Gasteiger partial charge in [0.15, 0.2) is 0 Å². The lowest BCUT2D eigenvalue weighted by atomic mass is 10.1. The molecule has 2 rings (SSSR count). The predicted molar refractivity (Wildman–Crippen MR) is 59.0 cm³/mol. The first kappa shape index (κ1) is 9.77. The predicted octanol–water partition coefficient (Wildman–Crippen LogP) is 2.65. The Morgan fingerprint density at radius 1 is 1.47 bits per heavy atom. The molecule has 0 radical (unpaired) electrons. The number of rotatable bonds is 2. The van der Waals surface area contributed by atoms with Gasteiger partial charge in [-0.15, -0.1) is 0 Å². The first-order valence-corrected chi connectivity index (χ1v) is 4.97. The van der Waals surface area contributed by atoms with Crippen LogP contribution in [0, 0.1) is 6.92 Å². The number of aromatic nitrogens is 1. The second kappa shape index (κ2) is 3.77. The molecule has 0 fully saturated rings. The van der Waals surface area contributed by atoms with Crippen molar-refractivity contribution < 1.29 is 9.53 Å². The molecule has 3 heteroatoms. The summed E-state index contributed by atoms with van der Waals surface area (Å²) in [6.45, 7) is 4.22. The molecule has 1 N–H and O–H groups in total. The van der Waals surface area contributed by atoms with Crippen molar-refractivity contribution in [1.29, 1.82) is 0 Å². The van der Waals surface area contributed by atoms with Crippen LogP contribution in [-0.4, -0.2) is 17.6 Å². The van der Waals surface area contributed by atoms with E-state index in [0.29, 0.717) is 12.2 Å². The number of H-pyrrole nitrogens is 1. The summed E-state index contributed by atoms with van der Waals surface area (Å²) < 4.78 is 4.97. The number of carbonyl (C=O) groups is 1. The maximum Gasteiger partial charge on any atom is 0.340 e. The SMILES string of the molecule is CCOC(=O)c1c[nH]c2cc(C)ccc12. The van der Waals surface area contributed by atoms with E-state index >= 15 is 0 Å². The number of carbonyl (C=O) groups excluding carboxylic acids is 1. The van der Waals surface area contributed by atoms with E-state index in [0.717, 1.165) is 10.9 Å². The smallest absolute Gasteiger partial charge is 0.340 e. The maximum atomic E-state index is 11.6. The summed E-state index contributed by atoms with van der Waals surface area (Å²) in [6, 6.07) is 5.93. The molecular formula is C12H13NO2. The normalized spacial score (nSPS) is 10.5. The van der Waals surface area contributed by atoms with Crippen LogP contribution < -0.4 is 0 Å². The molecule has 1 heterocycles. The number of hydrogen-bond acceptors (Lipinski definition) is 2. The van der Waals surface area contributed by atoms with Crippen molar-refractivity contribution in [3.05, 3.63) is 35.5 Å². The molecule has 0 unspecified atom stereocenters. The van der Waals surface area contributed by atoms with Crippen molar-refractivity contribution in [3.8, 4) is 0 Å². The van der Waals surface area contributed by atoms with Crippen molar-refractivity contribution in [2.75, 3.05) is 6.61 Å². The van der Waals surface area contributed by atoms with Crippen LogP contribution in [0.5, 0.6) is 0 Å². The van der Waals surface area contributed by atoms with Gasteiger partial charge in [-0.3, -0.25) is 0 Å². The van der Waals surface area contributed by atoms with Gasteiger partial charge in [0.2, 0.25) is 0 Å². The second-order valence-corrected chi connectivity index (χ2v) is 3.47. The molecule has 1 aromatic carbocycles. The van der Waals surface area contributed by atoms with Crippen LogP contribution in [0.25, 0.3) is 10.9 Å². The molecule has 0 bridgehead atoms. The molecule has 0 amide bonds. The van der Waals surface area contributed by atoms with E-state index in [2.05, 4.69) is 4.98 Å². The van der Waals surface area contributed by atoms with Gasteiger partial charge in [-0.05, 0) is 25.5 Å². The fourth-order valence-electron chi connectivity index (χ4n) is 1.62. The highest BCUT2D eigenvalue weighted by atomic mass is 16.5. The minimum atomic E-state index is -0.271. The lowest BCUT2D eigenvalue weighted by Gasteiger charge is -1.99. The van der Waals surface area contributed by atoms with Gasteiger partial charge >= 0.3 is 5.97 Å². The van der Waals surface area contributed by atoms with Crippen molar-refractivity contribution in [2.24, 2.45) is 0 Å². The quantitative estimate of drug-likeness (QED) is 0.762. The molecule has 0 aliphatic rings. The van der Waals surface area contributed by atoms with E-state index in [-0.39, 0.29) is 5.97 Å². The molecule has 2 aromatic rings. The largest absolute Gasteiger partial charge is 0.462 e. The Morgan fingerprint density at radius 2 is 2.27 bits per heavy atom. The fraction of sp³-hybridized carbons (Fsp3) is 0.250. The van der Waals surface area contributed by atoms with Gasteiger partial charge < -0.3 is 9.72 Å². The molecule has 15 heavy (non-hydrogen) atoms. The molecule has 0 aliphatic heterocycles. The van der Waals surface area contributed by atoms with Gasteiger partial charge in [0.1, 0.15) is 0 Å². The highest BCUT2D eigenvalue weighted by Gasteiger charge is 2.12. The first-order valence-electron chi connectivity index (χ1n) is 4.97. The minimum absolute atomic E-state index is 0.271. The fourth-order valence-corrected chi connectivity index (χ4v) is 1.62. The standard InChI is InChI=1S/C12H13NO2/c1-3-15-12(14)10-7-13-11-6-8(2)4-5-9(10)11/h4-7,13H,3H2,1-2H3. The van der Waals surface area contributed by atoms with E-state index < -0.39 is 0 Å². The average Bonchev–Trinajstić information content (AvgIpc) is 2.60. The summed E-state index contributed by atoms with van der Waals surface area (Å²) in [6.07, 6.45) is 1.70. The lowest BCUT2D eigenvalue weighted by molar-refractivity contribution is 0.0529. The number of ether oxygens (including phenoxy) is 1. The Morgan fingerprint density at radius 3 is 3.00 bits per heavy atom. The van der Waals surface area contributed by atoms with Gasteiger partial charge in [-0.25, -0.2) is 4.79 Å². The maximum absolute atomic E-state index is 11.6. The molecule has 0 aliphatic carbocycles. The number of hydrogen-bond donors (Lipinski definition) is 1. The third-order valence-electron chi connectivity index (χ3n) is 2.33. The van der Waals surface area contributed by atoms with Gasteiger partial charge in [-0.1, -0.05) is 12.1 Å². The van der Waals surface area contributed by atoms with Crippen LogP contribution >= 0.6 is 0 Å². The van der Waals surface area contributed by atoms with Crippen molar-refractivity contribution in [3.63, 3.8) is 0 Å². The van der Waals surface area contributed by atoms with E-state index in [4.69, 9.17) is 4.74 Å². The Kier molecular flexibility index (Phi) is 2.46. The van der Waals surface area contributed by atoms with Gasteiger partial charge in [0, 0.05) is 17.1 Å². The van der Waals surface area contributed by atoms with Gasteiger partial charge in [-0.2, -0.15) is 0 Å². The Labute approximate surface area is 88.1 Å². The Hall–Kier alpha value is -1.77. The summed E-state index contributed by atoms with van der Waals surface area (Å²) in [5, 5.41) is 0.916. The second-order valence-electron chi connectivity index (χ2n) is 3.47. The van der Waals surface area contributed by atoms with Gasteiger partial charge in [0.25, 0.3) is 0 Å². The summed E-state index contributed by atoms with van der Waals surface area (Å²) in [5.41, 5.74) is 2.74. The van der Waals surface area contributed by atoms with Crippen LogP contribution in [0.4, 0.5) is 0 Å². The first-order chi connectivity index (χ1) is 7.22. The van der Waals surface area contributed by atoms with Crippen LogP contribution in [0.15, 0.2) is 24.4 Å². The number of esters is 1. The Balaban J connectivity index is 2.49. The number of fused-ring (bicyclic) bond motifs is 1. The average molecular weight is 203 g/mol. The molecule has 0 atom stereocenters. The zero-order chi connectivity index (χ0) is 10.8. The van der Waals surface area contributed by atoms with E-state index in [9.17, 15) is 4.79 Å². The molecular weight excluding hydrogens is 190 g/mol. The van der Waals surface area contributed by atoms with E-state index in [1.54, 1.807) is 13.1 Å². The molecule has 0 saturated carbocycles. The van der Waals surface area contributed by atoms with Gasteiger partial charge in [0.05, 0.1) is 12.2 Å². The number of nitrogens with one attached hydrogen (secondary N) is 1. The van der Waals surface area contributed by atoms with Crippen LogP contribution in [0.3, 0.4) is 0 Å². The van der Waals surface area contributed by atoms with Crippen molar-refractivity contribution in [1.82, 2.24) is 4.98 Å². The zero-order valence-corrected chi connectivity index (χ0v) is 8.83. The van der Waals surface area contributed by atoms with Crippen LogP contribution in [0.1, 0.15) is 22.8 Å². The van der Waals surface area contributed by atoms with E-state index in [1.165, 1.54) is 5.56 Å². The number of benzene rings is 1. The van der Waals surface area contributed by atoms with E-state index in [1.807, 2.05) is 25.1 Å². The van der Waals surface area contributed by atoms with Crippen molar-refractivity contribution >= 4 is 16.9 Å². The molecule has 0 spiro atoms. The zero-order valence-electron chi connectivity index (χ0n) is 8.83. The molecule has 3 nitrogen and oxygen atoms in total. The summed E-state index contributed by atoms with van der Waals surface area (Å²) in [7, 11) is 0. The summed E-state index contributed by atoms with van der Waals surface area (Å²) in [4.78, 5) is 14.6. The lowest BCUT2D eigenvalue weighted by Crippen LogP contribution is -2.03. The molecule has 1 aromatic heterocycles. The van der Waals surface area contributed by atoms with Crippen molar-refractivity contribution in [2.45, 2.75) is 13.8 Å². The molecule has 78 valence electrons. The molecule has 0 saturated heterocycles. The summed E-state index contributed by atoms with van der Waals surface area (Å²) in [5.74, 6) is -0.271. The number of aryl methyl sites for hydroxylation is 1. The Bertz CT molecular complexity index is 499. The van der Waals surface area contributed by atoms with Crippen LogP contribution in [0.2, 0.25) is 0 Å². The number of aromatic amines is 1. The topological polar surface area (TPSA) is 42.1 Å². The highest BCUT2D eigenvalue weighted by molar-refractivity contribution is 6.04. The minimum Gasteiger partial charge on any atom is -0.462 e. The van der Waals surface area contributed by atoms with Crippen LogP contribution in [-0.2, 0) is 4.74 Å². The summed E-state index contributed by atoms with van der Waals surface area (Å²) >= 11 is 0.